The van der Waals surface area contributed by atoms with Crippen molar-refractivity contribution in [2.24, 2.45) is 5.10 Å². The van der Waals surface area contributed by atoms with Crippen LogP contribution in [0.2, 0.25) is 0 Å². The molecule has 0 atom stereocenters. The van der Waals surface area contributed by atoms with E-state index in [9.17, 15) is 18.4 Å². The van der Waals surface area contributed by atoms with E-state index in [0.29, 0.717) is 0 Å². The molecule has 0 bridgehead atoms. The lowest BCUT2D eigenvalue weighted by atomic mass is 10.2. The molecule has 0 aliphatic carbocycles. The zero-order chi connectivity index (χ0) is 16.5. The third-order valence-corrected chi connectivity index (χ3v) is 2.31. The third kappa shape index (κ3) is 5.09. The lowest BCUT2D eigenvalue weighted by molar-refractivity contribution is -0.133. The van der Waals surface area contributed by atoms with Crippen LogP contribution in [-0.2, 0) is 19.1 Å². The number of anilines is 1. The summed E-state index contributed by atoms with van der Waals surface area (Å²) in [4.78, 5) is 23.2. The maximum Gasteiger partial charge on any atom is 0.387 e. The van der Waals surface area contributed by atoms with Gasteiger partial charge in [0.1, 0.15) is 6.61 Å². The summed E-state index contributed by atoms with van der Waals surface area (Å²) < 4.78 is 37.9. The number of hydrogen-bond donors (Lipinski definition) is 1. The molecule has 22 heavy (non-hydrogen) atoms. The molecule has 0 saturated carbocycles. The molecule has 1 rings (SSSR count). The number of alkyl halides is 2. The monoisotopic (exact) mass is 316 g/mol. The van der Waals surface area contributed by atoms with E-state index in [2.05, 4.69) is 24.7 Å². The van der Waals surface area contributed by atoms with Crippen LogP contribution in [0.4, 0.5) is 14.5 Å². The Morgan fingerprint density at radius 3 is 2.55 bits per heavy atom. The number of hydrogen-bond acceptors (Lipinski definition) is 7. The topological polar surface area (TPSA) is 86.2 Å². The highest BCUT2D eigenvalue weighted by molar-refractivity contribution is 6.64. The molecule has 0 aliphatic rings. The van der Waals surface area contributed by atoms with Crippen molar-refractivity contribution in [3.8, 4) is 5.75 Å². The van der Waals surface area contributed by atoms with E-state index in [1.165, 1.54) is 31.4 Å². The number of para-hydroxylation sites is 2. The molecule has 1 aromatic rings. The fourth-order valence-corrected chi connectivity index (χ4v) is 1.39. The Hall–Kier alpha value is -2.55. The van der Waals surface area contributed by atoms with Gasteiger partial charge in [-0.2, -0.15) is 13.9 Å². The van der Waals surface area contributed by atoms with Crippen LogP contribution in [0.25, 0.3) is 0 Å². The molecule has 0 heterocycles. The van der Waals surface area contributed by atoms with Gasteiger partial charge >= 0.3 is 12.6 Å². The standard InChI is InChI=1S/C13H14F2N2O5/c1-20-7-9(18)11(12(19)21-2)17-16-8-5-3-4-6-10(8)22-13(14)15/h3-6,13,16H,7H2,1-2H3/b17-11+. The summed E-state index contributed by atoms with van der Waals surface area (Å²) in [6.07, 6.45) is 0. The summed E-state index contributed by atoms with van der Waals surface area (Å²) in [7, 11) is 2.35. The first-order valence-corrected chi connectivity index (χ1v) is 5.97. The van der Waals surface area contributed by atoms with Crippen molar-refractivity contribution in [3.63, 3.8) is 0 Å². The lowest BCUT2D eigenvalue weighted by Gasteiger charge is -2.10. The molecule has 0 aliphatic heterocycles. The third-order valence-electron chi connectivity index (χ3n) is 2.31. The number of ether oxygens (including phenoxy) is 3. The van der Waals surface area contributed by atoms with Gasteiger partial charge in [0.2, 0.25) is 11.5 Å². The van der Waals surface area contributed by atoms with E-state index in [0.717, 1.165) is 7.11 Å². The van der Waals surface area contributed by atoms with Crippen molar-refractivity contribution in [2.45, 2.75) is 6.61 Å². The normalized spacial score (nSPS) is 11.2. The summed E-state index contributed by atoms with van der Waals surface area (Å²) in [6, 6.07) is 5.67. The Labute approximate surface area is 124 Å². The Morgan fingerprint density at radius 1 is 1.27 bits per heavy atom. The molecule has 0 unspecified atom stereocenters. The van der Waals surface area contributed by atoms with Crippen LogP contribution in [0.1, 0.15) is 0 Å². The zero-order valence-electron chi connectivity index (χ0n) is 11.8. The van der Waals surface area contributed by atoms with Crippen LogP contribution >= 0.6 is 0 Å². The number of rotatable bonds is 8. The minimum absolute atomic E-state index is 0.0504. The molecular formula is C13H14F2N2O5. The number of carbonyl (C=O) groups excluding carboxylic acids is 2. The number of methoxy groups -OCH3 is 2. The highest BCUT2D eigenvalue weighted by Gasteiger charge is 2.21. The number of Topliss-reactive ketones (excluding diaryl/α,β-unsaturated/α-hetero) is 1. The zero-order valence-corrected chi connectivity index (χ0v) is 11.8. The Morgan fingerprint density at radius 2 is 1.95 bits per heavy atom. The molecule has 9 heteroatoms. The fourth-order valence-electron chi connectivity index (χ4n) is 1.39. The molecule has 0 saturated heterocycles. The molecule has 1 aromatic carbocycles. The van der Waals surface area contributed by atoms with Crippen molar-refractivity contribution in [1.29, 1.82) is 0 Å². The Balaban J connectivity index is 2.99. The summed E-state index contributed by atoms with van der Waals surface area (Å²) in [6.45, 7) is -3.41. The van der Waals surface area contributed by atoms with E-state index in [-0.39, 0.29) is 18.0 Å². The number of halogens is 2. The van der Waals surface area contributed by atoms with Gasteiger partial charge < -0.3 is 14.2 Å². The molecule has 0 radical (unpaired) electrons. The van der Waals surface area contributed by atoms with Gasteiger partial charge in [-0.3, -0.25) is 10.2 Å². The second kappa shape index (κ2) is 8.67. The Kier molecular flexibility index (Phi) is 6.90. The van der Waals surface area contributed by atoms with E-state index in [1.54, 1.807) is 0 Å². The van der Waals surface area contributed by atoms with Crippen LogP contribution in [0.5, 0.6) is 5.75 Å². The van der Waals surface area contributed by atoms with Crippen molar-refractivity contribution >= 4 is 23.2 Å². The van der Waals surface area contributed by atoms with Crippen molar-refractivity contribution < 1.29 is 32.6 Å². The smallest absolute Gasteiger partial charge is 0.387 e. The van der Waals surface area contributed by atoms with Gasteiger partial charge in [0.25, 0.3) is 0 Å². The number of nitrogens with zero attached hydrogens (tertiary/aromatic N) is 1. The average Bonchev–Trinajstić information content (AvgIpc) is 2.48. The number of hydrazone groups is 1. The van der Waals surface area contributed by atoms with Crippen LogP contribution in [0.3, 0.4) is 0 Å². The molecule has 0 spiro atoms. The predicted octanol–water partition coefficient (Wildman–Crippen LogP) is 1.44. The summed E-state index contributed by atoms with van der Waals surface area (Å²) in [5.41, 5.74) is 1.82. The Bertz CT molecular complexity index is 563. The predicted molar refractivity (Wildman–Crippen MR) is 73.0 cm³/mol. The van der Waals surface area contributed by atoms with Gasteiger partial charge in [-0.1, -0.05) is 12.1 Å². The van der Waals surface area contributed by atoms with Gasteiger partial charge in [0.15, 0.2) is 5.75 Å². The number of nitrogens with one attached hydrogen (secondary N) is 1. The number of ketones is 1. The molecule has 1 N–H and O–H groups in total. The average molecular weight is 316 g/mol. The quantitative estimate of drug-likeness (QED) is 0.338. The first-order valence-electron chi connectivity index (χ1n) is 5.97. The molecular weight excluding hydrogens is 302 g/mol. The van der Waals surface area contributed by atoms with Gasteiger partial charge in [0.05, 0.1) is 12.8 Å². The molecule has 120 valence electrons. The minimum Gasteiger partial charge on any atom is -0.464 e. The summed E-state index contributed by atoms with van der Waals surface area (Å²) in [5, 5.41) is 3.59. The molecule has 7 nitrogen and oxygen atoms in total. The highest BCUT2D eigenvalue weighted by atomic mass is 19.3. The first-order chi connectivity index (χ1) is 10.5. The maximum absolute atomic E-state index is 12.3. The van der Waals surface area contributed by atoms with Crippen LogP contribution in [-0.4, -0.2) is 44.9 Å². The number of benzene rings is 1. The summed E-state index contributed by atoms with van der Waals surface area (Å²) >= 11 is 0. The minimum atomic E-state index is -3.03. The van der Waals surface area contributed by atoms with E-state index >= 15 is 0 Å². The fraction of sp³-hybridized carbons (Fsp3) is 0.308. The van der Waals surface area contributed by atoms with Crippen LogP contribution < -0.4 is 10.2 Å². The largest absolute Gasteiger partial charge is 0.464 e. The SMILES string of the molecule is COCC(=O)/C(=N\Nc1ccccc1OC(F)F)C(=O)OC. The molecule has 0 fully saturated rings. The first kappa shape index (κ1) is 17.5. The molecule has 0 amide bonds. The number of carbonyl (C=O) groups is 2. The molecule has 0 aromatic heterocycles. The van der Waals surface area contributed by atoms with Crippen LogP contribution in [0.15, 0.2) is 29.4 Å². The number of esters is 1. The van der Waals surface area contributed by atoms with Crippen molar-refractivity contribution in [1.82, 2.24) is 0 Å². The van der Waals surface area contributed by atoms with Gasteiger partial charge in [0, 0.05) is 7.11 Å². The van der Waals surface area contributed by atoms with E-state index < -0.39 is 24.1 Å². The van der Waals surface area contributed by atoms with Crippen LogP contribution in [0, 0.1) is 0 Å². The maximum atomic E-state index is 12.3. The van der Waals surface area contributed by atoms with Crippen molar-refractivity contribution in [3.05, 3.63) is 24.3 Å². The van der Waals surface area contributed by atoms with Crippen molar-refractivity contribution in [2.75, 3.05) is 26.3 Å². The highest BCUT2D eigenvalue weighted by Crippen LogP contribution is 2.25. The van der Waals surface area contributed by atoms with Gasteiger partial charge in [-0.25, -0.2) is 4.79 Å². The van der Waals surface area contributed by atoms with Gasteiger partial charge in [-0.05, 0) is 12.1 Å². The summed E-state index contributed by atoms with van der Waals surface area (Å²) in [5.74, 6) is -1.90. The lowest BCUT2D eigenvalue weighted by Crippen LogP contribution is -2.29. The van der Waals surface area contributed by atoms with E-state index in [1.807, 2.05) is 0 Å². The second-order valence-corrected chi connectivity index (χ2v) is 3.79. The van der Waals surface area contributed by atoms with E-state index in [4.69, 9.17) is 0 Å². The van der Waals surface area contributed by atoms with Gasteiger partial charge in [-0.15, -0.1) is 0 Å². The second-order valence-electron chi connectivity index (χ2n) is 3.79.